The van der Waals surface area contributed by atoms with Gasteiger partial charge < -0.3 is 14.5 Å². The zero-order chi connectivity index (χ0) is 20.4. The number of benzene rings is 1. The molecule has 0 aliphatic carbocycles. The van der Waals surface area contributed by atoms with E-state index < -0.39 is 0 Å². The van der Waals surface area contributed by atoms with Crippen LogP contribution in [0.25, 0.3) is 0 Å². The van der Waals surface area contributed by atoms with Gasteiger partial charge in [0.05, 0.1) is 25.3 Å². The molecule has 1 aliphatic rings. The van der Waals surface area contributed by atoms with Crippen molar-refractivity contribution in [2.45, 2.75) is 26.8 Å². The summed E-state index contributed by atoms with van der Waals surface area (Å²) in [7, 11) is 3.37. The average Bonchev–Trinajstić information content (AvgIpc) is 3.06. The molecule has 0 saturated carbocycles. The highest BCUT2D eigenvalue weighted by molar-refractivity contribution is 6.30. The van der Waals surface area contributed by atoms with Crippen molar-refractivity contribution in [2.75, 3.05) is 25.6 Å². The average molecular weight is 402 g/mol. The zero-order valence-corrected chi connectivity index (χ0v) is 17.3. The van der Waals surface area contributed by atoms with Crippen molar-refractivity contribution in [1.82, 2.24) is 9.88 Å². The number of methoxy groups -OCH3 is 1. The lowest BCUT2D eigenvalue weighted by Crippen LogP contribution is -2.34. The minimum absolute atomic E-state index is 0.0552. The lowest BCUT2D eigenvalue weighted by Gasteiger charge is -2.22. The second-order valence-electron chi connectivity index (χ2n) is 7.12. The Morgan fingerprint density at radius 2 is 2.00 bits per heavy atom. The van der Waals surface area contributed by atoms with Crippen LogP contribution in [-0.2, 0) is 16.1 Å². The number of aryl methyl sites for hydroxylation is 1. The quantitative estimate of drug-likeness (QED) is 0.770. The Kier molecular flexibility index (Phi) is 5.89. The number of pyridine rings is 1. The number of hydrogen-bond donors (Lipinski definition) is 0. The smallest absolute Gasteiger partial charge is 0.228 e. The van der Waals surface area contributed by atoms with Crippen LogP contribution in [0.3, 0.4) is 0 Å². The lowest BCUT2D eigenvalue weighted by atomic mass is 10.1. The number of carbonyl (C=O) groups is 2. The van der Waals surface area contributed by atoms with Gasteiger partial charge in [0.15, 0.2) is 0 Å². The first kappa shape index (κ1) is 20.1. The van der Waals surface area contributed by atoms with Crippen molar-refractivity contribution in [3.63, 3.8) is 0 Å². The molecule has 1 atom stereocenters. The van der Waals surface area contributed by atoms with Gasteiger partial charge >= 0.3 is 0 Å². The molecule has 0 N–H and O–H groups in total. The van der Waals surface area contributed by atoms with Gasteiger partial charge in [-0.25, -0.2) is 0 Å². The summed E-state index contributed by atoms with van der Waals surface area (Å²) in [5.41, 5.74) is 3.43. The summed E-state index contributed by atoms with van der Waals surface area (Å²) < 4.78 is 5.44. The fraction of sp³-hybridized carbons (Fsp3) is 0.381. The van der Waals surface area contributed by atoms with Crippen LogP contribution < -0.4 is 9.64 Å². The molecule has 0 bridgehead atoms. The van der Waals surface area contributed by atoms with Crippen molar-refractivity contribution in [2.24, 2.45) is 5.92 Å². The molecule has 7 heteroatoms. The molecule has 1 aliphatic heterocycles. The molecule has 1 aromatic heterocycles. The monoisotopic (exact) mass is 401 g/mol. The minimum Gasteiger partial charge on any atom is -0.496 e. The molecule has 2 amide bonds. The second-order valence-corrected chi connectivity index (χ2v) is 7.56. The van der Waals surface area contributed by atoms with Crippen LogP contribution >= 0.6 is 11.6 Å². The van der Waals surface area contributed by atoms with Gasteiger partial charge in [0.2, 0.25) is 11.8 Å². The highest BCUT2D eigenvalue weighted by atomic mass is 35.5. The summed E-state index contributed by atoms with van der Waals surface area (Å²) >= 11 is 5.92. The molecule has 0 radical (unpaired) electrons. The van der Waals surface area contributed by atoms with Gasteiger partial charge in [-0.05, 0) is 38.1 Å². The summed E-state index contributed by atoms with van der Waals surface area (Å²) in [5.74, 6) is 0.294. The Morgan fingerprint density at radius 3 is 2.64 bits per heavy atom. The third-order valence-electron chi connectivity index (χ3n) is 5.13. The number of ether oxygens (including phenoxy) is 1. The molecular formula is C21H24ClN3O3. The predicted molar refractivity (Wildman–Crippen MR) is 109 cm³/mol. The van der Waals surface area contributed by atoms with Gasteiger partial charge in [-0.2, -0.15) is 0 Å². The maximum atomic E-state index is 12.9. The van der Waals surface area contributed by atoms with Crippen molar-refractivity contribution in [3.8, 4) is 5.75 Å². The zero-order valence-electron chi connectivity index (χ0n) is 16.5. The van der Waals surface area contributed by atoms with Crippen LogP contribution in [0.5, 0.6) is 5.75 Å². The van der Waals surface area contributed by atoms with Crippen LogP contribution in [0.15, 0.2) is 30.5 Å². The number of hydrogen-bond acceptors (Lipinski definition) is 4. The standard InChI is InChI=1S/C21H24ClN3O3/c1-13-10-23-18(14(2)20(13)28-4)12-24(3)21(27)15-9-19(26)25(11-15)17-7-5-16(22)6-8-17/h5-8,10,15H,9,11-12H2,1-4H3. The first-order valence-corrected chi connectivity index (χ1v) is 9.49. The Morgan fingerprint density at radius 1 is 1.32 bits per heavy atom. The Hall–Kier alpha value is -2.60. The summed E-state index contributed by atoms with van der Waals surface area (Å²) in [6.07, 6.45) is 1.95. The third-order valence-corrected chi connectivity index (χ3v) is 5.38. The summed E-state index contributed by atoms with van der Waals surface area (Å²) in [6, 6.07) is 7.07. The van der Waals surface area contributed by atoms with Crippen LogP contribution in [0.2, 0.25) is 5.02 Å². The molecule has 0 spiro atoms. The van der Waals surface area contributed by atoms with Gasteiger partial charge in [-0.3, -0.25) is 14.6 Å². The Bertz CT molecular complexity index is 899. The van der Waals surface area contributed by atoms with Crippen molar-refractivity contribution >= 4 is 29.1 Å². The Balaban J connectivity index is 1.70. The van der Waals surface area contributed by atoms with Crippen molar-refractivity contribution < 1.29 is 14.3 Å². The maximum absolute atomic E-state index is 12.9. The van der Waals surface area contributed by atoms with Gasteiger partial charge in [0.25, 0.3) is 0 Å². The van der Waals surface area contributed by atoms with E-state index in [9.17, 15) is 9.59 Å². The molecule has 1 fully saturated rings. The van der Waals surface area contributed by atoms with Crippen LogP contribution in [0.1, 0.15) is 23.2 Å². The van der Waals surface area contributed by atoms with Crippen LogP contribution in [0.4, 0.5) is 5.69 Å². The molecule has 2 aromatic rings. The fourth-order valence-electron chi connectivity index (χ4n) is 3.59. The predicted octanol–water partition coefficient (Wildman–Crippen LogP) is 3.37. The van der Waals surface area contributed by atoms with E-state index in [1.165, 1.54) is 0 Å². The maximum Gasteiger partial charge on any atom is 0.228 e. The van der Waals surface area contributed by atoms with Gasteiger partial charge in [-0.15, -0.1) is 0 Å². The fourth-order valence-corrected chi connectivity index (χ4v) is 3.71. The summed E-state index contributed by atoms with van der Waals surface area (Å²) in [6.45, 7) is 4.61. The number of halogens is 1. The summed E-state index contributed by atoms with van der Waals surface area (Å²) in [5, 5.41) is 0.610. The molecular weight excluding hydrogens is 378 g/mol. The molecule has 2 heterocycles. The van der Waals surface area contributed by atoms with E-state index in [0.717, 1.165) is 28.3 Å². The van der Waals surface area contributed by atoms with E-state index in [4.69, 9.17) is 16.3 Å². The largest absolute Gasteiger partial charge is 0.496 e. The van der Waals surface area contributed by atoms with Crippen LogP contribution in [0, 0.1) is 19.8 Å². The van der Waals surface area contributed by atoms with Gasteiger partial charge in [-0.1, -0.05) is 11.6 Å². The number of carbonyl (C=O) groups excluding carboxylic acids is 2. The van der Waals surface area contributed by atoms with Crippen molar-refractivity contribution in [1.29, 1.82) is 0 Å². The normalized spacial score (nSPS) is 16.4. The lowest BCUT2D eigenvalue weighted by molar-refractivity contribution is -0.135. The SMILES string of the molecule is COc1c(C)cnc(CN(C)C(=O)C2CC(=O)N(c3ccc(Cl)cc3)C2)c1C. The highest BCUT2D eigenvalue weighted by Crippen LogP contribution is 2.28. The first-order chi connectivity index (χ1) is 13.3. The molecule has 6 nitrogen and oxygen atoms in total. The number of nitrogens with zero attached hydrogens (tertiary/aromatic N) is 3. The van der Waals surface area contributed by atoms with E-state index in [2.05, 4.69) is 4.98 Å². The van der Waals surface area contributed by atoms with E-state index in [0.29, 0.717) is 18.1 Å². The number of anilines is 1. The first-order valence-electron chi connectivity index (χ1n) is 9.11. The minimum atomic E-state index is -0.374. The highest BCUT2D eigenvalue weighted by Gasteiger charge is 2.36. The molecule has 148 valence electrons. The van der Waals surface area contributed by atoms with Gasteiger partial charge in [0, 0.05) is 48.0 Å². The molecule has 1 saturated heterocycles. The summed E-state index contributed by atoms with van der Waals surface area (Å²) in [4.78, 5) is 33.1. The second kappa shape index (κ2) is 8.19. The number of amides is 2. The Labute approximate surface area is 170 Å². The number of aromatic nitrogens is 1. The van der Waals surface area contributed by atoms with E-state index in [1.54, 1.807) is 54.4 Å². The van der Waals surface area contributed by atoms with Crippen molar-refractivity contribution in [3.05, 3.63) is 52.3 Å². The van der Waals surface area contributed by atoms with E-state index >= 15 is 0 Å². The number of rotatable bonds is 5. The van der Waals surface area contributed by atoms with E-state index in [-0.39, 0.29) is 24.2 Å². The third kappa shape index (κ3) is 3.97. The van der Waals surface area contributed by atoms with Crippen LogP contribution in [-0.4, -0.2) is 42.4 Å². The van der Waals surface area contributed by atoms with E-state index in [1.807, 2.05) is 13.8 Å². The molecule has 28 heavy (non-hydrogen) atoms. The molecule has 1 aromatic carbocycles. The molecule has 3 rings (SSSR count). The molecule has 1 unspecified atom stereocenters. The van der Waals surface area contributed by atoms with Gasteiger partial charge in [0.1, 0.15) is 5.75 Å². The topological polar surface area (TPSA) is 62.7 Å².